The van der Waals surface area contributed by atoms with Gasteiger partial charge in [-0.2, -0.15) is 0 Å². The van der Waals surface area contributed by atoms with Gasteiger partial charge in [-0.1, -0.05) is 42.5 Å². The van der Waals surface area contributed by atoms with E-state index in [4.69, 9.17) is 5.11 Å². The fraction of sp³-hybridized carbons (Fsp3) is 0.158. The number of aliphatic hydroxyl groups excluding tert-OH is 1. The molecule has 2 N–H and O–H groups in total. The van der Waals surface area contributed by atoms with Crippen molar-refractivity contribution in [1.82, 2.24) is 9.97 Å². The Morgan fingerprint density at radius 1 is 1.00 bits per heavy atom. The normalized spacial score (nSPS) is 12.0. The Morgan fingerprint density at radius 2 is 1.75 bits per heavy atom. The molecule has 1 heterocycles. The van der Waals surface area contributed by atoms with E-state index in [0.29, 0.717) is 22.6 Å². The third-order valence-corrected chi connectivity index (χ3v) is 3.68. The molecular formula is C19H18FN3O. The summed E-state index contributed by atoms with van der Waals surface area (Å²) in [6.07, 6.45) is 3.07. The lowest BCUT2D eigenvalue weighted by Crippen LogP contribution is -2.20. The van der Waals surface area contributed by atoms with Crippen LogP contribution < -0.4 is 5.32 Å². The van der Waals surface area contributed by atoms with Gasteiger partial charge in [0.1, 0.15) is 11.6 Å². The van der Waals surface area contributed by atoms with Gasteiger partial charge in [-0.15, -0.1) is 0 Å². The molecule has 0 unspecified atom stereocenters. The van der Waals surface area contributed by atoms with Crippen LogP contribution in [0.1, 0.15) is 6.92 Å². The van der Waals surface area contributed by atoms with Gasteiger partial charge in [0.05, 0.1) is 24.7 Å². The van der Waals surface area contributed by atoms with Crippen LogP contribution in [0, 0.1) is 5.82 Å². The van der Waals surface area contributed by atoms with Crippen molar-refractivity contribution in [3.05, 3.63) is 66.7 Å². The van der Waals surface area contributed by atoms with Crippen LogP contribution in [0.15, 0.2) is 60.9 Å². The van der Waals surface area contributed by atoms with Gasteiger partial charge in [-0.05, 0) is 18.6 Å². The van der Waals surface area contributed by atoms with Gasteiger partial charge in [0.25, 0.3) is 0 Å². The predicted molar refractivity (Wildman–Crippen MR) is 93.0 cm³/mol. The van der Waals surface area contributed by atoms with Crippen LogP contribution in [0.4, 0.5) is 10.2 Å². The number of anilines is 1. The molecule has 3 aromatic rings. The van der Waals surface area contributed by atoms with E-state index in [1.54, 1.807) is 12.1 Å². The first-order chi connectivity index (χ1) is 11.7. The zero-order valence-corrected chi connectivity index (χ0v) is 13.3. The van der Waals surface area contributed by atoms with Crippen molar-refractivity contribution in [2.24, 2.45) is 0 Å². The van der Waals surface area contributed by atoms with E-state index in [1.807, 2.05) is 43.3 Å². The third-order valence-electron chi connectivity index (χ3n) is 3.68. The highest BCUT2D eigenvalue weighted by Crippen LogP contribution is 2.29. The van der Waals surface area contributed by atoms with E-state index in [0.717, 1.165) is 5.56 Å². The van der Waals surface area contributed by atoms with E-state index in [1.165, 1.54) is 12.4 Å². The Morgan fingerprint density at radius 3 is 2.42 bits per heavy atom. The second-order valence-electron chi connectivity index (χ2n) is 5.55. The minimum Gasteiger partial charge on any atom is -0.394 e. The summed E-state index contributed by atoms with van der Waals surface area (Å²) in [5.74, 6) is 0.224. The number of aliphatic hydroxyl groups is 1. The Labute approximate surface area is 140 Å². The fourth-order valence-electron chi connectivity index (χ4n) is 2.41. The van der Waals surface area contributed by atoms with Crippen LogP contribution in [0.2, 0.25) is 0 Å². The Kier molecular flexibility index (Phi) is 4.82. The molecule has 0 aliphatic carbocycles. The number of benzene rings is 2. The molecule has 0 bridgehead atoms. The summed E-state index contributed by atoms with van der Waals surface area (Å²) in [6.45, 7) is 1.83. The minimum absolute atomic E-state index is 0.00280. The first kappa shape index (κ1) is 16.1. The maximum Gasteiger partial charge on any atom is 0.144 e. The van der Waals surface area contributed by atoms with E-state index in [-0.39, 0.29) is 18.5 Å². The predicted octanol–water partition coefficient (Wildman–Crippen LogP) is 3.74. The van der Waals surface area contributed by atoms with Crippen LogP contribution in [-0.2, 0) is 0 Å². The molecule has 0 aliphatic rings. The SMILES string of the molecule is C[C@H](CO)Nc1cnc(-c2cccc(-c3ccccc3)c2F)cn1. The summed E-state index contributed by atoms with van der Waals surface area (Å²) in [6, 6.07) is 14.5. The molecular weight excluding hydrogens is 305 g/mol. The smallest absolute Gasteiger partial charge is 0.144 e. The second-order valence-corrected chi connectivity index (χ2v) is 5.55. The van der Waals surface area contributed by atoms with Crippen LogP contribution in [0.3, 0.4) is 0 Å². The molecule has 3 rings (SSSR count). The Bertz CT molecular complexity index is 807. The summed E-state index contributed by atoms with van der Waals surface area (Å²) in [5, 5.41) is 12.0. The van der Waals surface area contributed by atoms with Crippen molar-refractivity contribution in [2.75, 3.05) is 11.9 Å². The molecule has 0 fully saturated rings. The van der Waals surface area contributed by atoms with Crippen molar-refractivity contribution in [3.8, 4) is 22.4 Å². The first-order valence-corrected chi connectivity index (χ1v) is 7.73. The van der Waals surface area contributed by atoms with Crippen molar-refractivity contribution in [2.45, 2.75) is 13.0 Å². The molecule has 0 saturated carbocycles. The molecule has 0 saturated heterocycles. The van der Waals surface area contributed by atoms with Crippen molar-refractivity contribution < 1.29 is 9.50 Å². The van der Waals surface area contributed by atoms with E-state index in [9.17, 15) is 4.39 Å². The van der Waals surface area contributed by atoms with Crippen LogP contribution in [0.5, 0.6) is 0 Å². The summed E-state index contributed by atoms with van der Waals surface area (Å²) in [5.41, 5.74) is 2.23. The second kappa shape index (κ2) is 7.19. The number of aromatic nitrogens is 2. The monoisotopic (exact) mass is 323 g/mol. The summed E-state index contributed by atoms with van der Waals surface area (Å²) in [4.78, 5) is 8.52. The number of nitrogens with one attached hydrogen (secondary N) is 1. The van der Waals surface area contributed by atoms with E-state index < -0.39 is 0 Å². The number of hydrogen-bond donors (Lipinski definition) is 2. The van der Waals surface area contributed by atoms with E-state index in [2.05, 4.69) is 15.3 Å². The molecule has 0 radical (unpaired) electrons. The standard InChI is InChI=1S/C19H18FN3O/c1-13(12-24)23-18-11-21-17(10-22-18)16-9-5-8-15(19(16)20)14-6-3-2-4-7-14/h2-11,13,24H,12H2,1H3,(H,22,23)/t13-/m1/s1. The molecule has 24 heavy (non-hydrogen) atoms. The highest BCUT2D eigenvalue weighted by Gasteiger charge is 2.13. The molecule has 2 aromatic carbocycles. The average Bonchev–Trinajstić information content (AvgIpc) is 2.63. The van der Waals surface area contributed by atoms with Gasteiger partial charge in [0, 0.05) is 17.2 Å². The zero-order valence-electron chi connectivity index (χ0n) is 13.3. The lowest BCUT2D eigenvalue weighted by atomic mass is 10.0. The van der Waals surface area contributed by atoms with Crippen LogP contribution >= 0.6 is 0 Å². The topological polar surface area (TPSA) is 58.0 Å². The quantitative estimate of drug-likeness (QED) is 0.751. The Hall–Kier alpha value is -2.79. The summed E-state index contributed by atoms with van der Waals surface area (Å²) in [7, 11) is 0. The van der Waals surface area contributed by atoms with Gasteiger partial charge in [-0.3, -0.25) is 4.98 Å². The number of nitrogens with zero attached hydrogens (tertiary/aromatic N) is 2. The number of hydrogen-bond acceptors (Lipinski definition) is 4. The molecule has 122 valence electrons. The fourth-order valence-corrected chi connectivity index (χ4v) is 2.41. The van der Waals surface area contributed by atoms with Gasteiger partial charge >= 0.3 is 0 Å². The maximum atomic E-state index is 14.9. The van der Waals surface area contributed by atoms with E-state index >= 15 is 0 Å². The highest BCUT2D eigenvalue weighted by atomic mass is 19.1. The summed E-state index contributed by atoms with van der Waals surface area (Å²) >= 11 is 0. The van der Waals surface area contributed by atoms with Gasteiger partial charge in [-0.25, -0.2) is 9.37 Å². The molecule has 0 spiro atoms. The minimum atomic E-state index is -0.317. The molecule has 4 nitrogen and oxygen atoms in total. The van der Waals surface area contributed by atoms with Gasteiger partial charge in [0.2, 0.25) is 0 Å². The molecule has 0 amide bonds. The Balaban J connectivity index is 1.93. The number of halogens is 1. The molecule has 1 aromatic heterocycles. The third kappa shape index (κ3) is 3.41. The van der Waals surface area contributed by atoms with Gasteiger partial charge in [0.15, 0.2) is 0 Å². The largest absolute Gasteiger partial charge is 0.394 e. The van der Waals surface area contributed by atoms with Crippen molar-refractivity contribution >= 4 is 5.82 Å². The first-order valence-electron chi connectivity index (χ1n) is 7.73. The van der Waals surface area contributed by atoms with Gasteiger partial charge < -0.3 is 10.4 Å². The molecule has 1 atom stereocenters. The zero-order chi connectivity index (χ0) is 16.9. The average molecular weight is 323 g/mol. The molecule has 5 heteroatoms. The lowest BCUT2D eigenvalue weighted by molar-refractivity contribution is 0.281. The molecule has 0 aliphatic heterocycles. The lowest BCUT2D eigenvalue weighted by Gasteiger charge is -2.12. The number of rotatable bonds is 5. The summed E-state index contributed by atoms with van der Waals surface area (Å²) < 4.78 is 14.9. The highest BCUT2D eigenvalue weighted by molar-refractivity contribution is 5.72. The van der Waals surface area contributed by atoms with Crippen molar-refractivity contribution in [1.29, 1.82) is 0 Å². The van der Waals surface area contributed by atoms with Crippen molar-refractivity contribution in [3.63, 3.8) is 0 Å². The van der Waals surface area contributed by atoms with Crippen LogP contribution in [0.25, 0.3) is 22.4 Å². The van der Waals surface area contributed by atoms with Crippen LogP contribution in [-0.4, -0.2) is 27.7 Å². The maximum absolute atomic E-state index is 14.9.